The van der Waals surface area contributed by atoms with Gasteiger partial charge in [-0.2, -0.15) is 0 Å². The van der Waals surface area contributed by atoms with Crippen molar-refractivity contribution in [3.8, 4) is 0 Å². The summed E-state index contributed by atoms with van der Waals surface area (Å²) in [6, 6.07) is 3.03. The lowest BCUT2D eigenvalue weighted by Crippen LogP contribution is -2.21. The van der Waals surface area contributed by atoms with Crippen molar-refractivity contribution in [3.05, 3.63) is 29.8 Å². The lowest BCUT2D eigenvalue weighted by atomic mass is 10.2. The molecule has 0 spiro atoms. The molecule has 13 heavy (non-hydrogen) atoms. The second kappa shape index (κ2) is 4.92. The fourth-order valence-corrected chi connectivity index (χ4v) is 1.17. The topological polar surface area (TPSA) is 24.9 Å². The number of hydrogen-bond acceptors (Lipinski definition) is 2. The molecular formula is C10H15FN2. The minimum Gasteiger partial charge on any atom is -0.309 e. The van der Waals surface area contributed by atoms with Crippen molar-refractivity contribution in [2.24, 2.45) is 0 Å². The summed E-state index contributed by atoms with van der Waals surface area (Å²) in [6.45, 7) is 4.88. The molecule has 1 aromatic heterocycles. The minimum atomic E-state index is -0.237. The van der Waals surface area contributed by atoms with E-state index in [2.05, 4.69) is 17.2 Å². The molecule has 0 radical (unpaired) electrons. The highest BCUT2D eigenvalue weighted by Gasteiger charge is 2.09. The Balaban J connectivity index is 2.65. The van der Waals surface area contributed by atoms with Crippen LogP contribution in [0, 0.1) is 5.82 Å². The van der Waals surface area contributed by atoms with Crippen LogP contribution in [0.3, 0.4) is 0 Å². The Morgan fingerprint density at radius 2 is 2.38 bits per heavy atom. The monoisotopic (exact) mass is 182 g/mol. The lowest BCUT2D eigenvalue weighted by Gasteiger charge is -2.12. The number of halogens is 1. The average molecular weight is 182 g/mol. The van der Waals surface area contributed by atoms with Crippen LogP contribution in [0.15, 0.2) is 18.3 Å². The molecule has 1 unspecified atom stereocenters. The molecule has 72 valence electrons. The summed E-state index contributed by atoms with van der Waals surface area (Å²) in [5.41, 5.74) is 0.496. The average Bonchev–Trinajstić information content (AvgIpc) is 2.15. The SMILES string of the molecule is CCCNC(C)c1ncccc1F. The first kappa shape index (κ1) is 10.1. The second-order valence-electron chi connectivity index (χ2n) is 3.05. The van der Waals surface area contributed by atoms with Crippen LogP contribution in [-0.4, -0.2) is 11.5 Å². The minimum absolute atomic E-state index is 0.0128. The van der Waals surface area contributed by atoms with E-state index >= 15 is 0 Å². The quantitative estimate of drug-likeness (QED) is 0.772. The van der Waals surface area contributed by atoms with Gasteiger partial charge >= 0.3 is 0 Å². The summed E-state index contributed by atoms with van der Waals surface area (Å²) in [5.74, 6) is -0.237. The Bertz CT molecular complexity index is 263. The van der Waals surface area contributed by atoms with Crippen molar-refractivity contribution in [2.45, 2.75) is 26.3 Å². The van der Waals surface area contributed by atoms with Gasteiger partial charge in [0, 0.05) is 12.2 Å². The highest BCUT2D eigenvalue weighted by Crippen LogP contribution is 2.12. The van der Waals surface area contributed by atoms with Gasteiger partial charge in [0.2, 0.25) is 0 Å². The van der Waals surface area contributed by atoms with Crippen LogP contribution in [0.1, 0.15) is 32.0 Å². The Labute approximate surface area is 78.2 Å². The number of hydrogen-bond donors (Lipinski definition) is 1. The Morgan fingerprint density at radius 3 is 3.00 bits per heavy atom. The van der Waals surface area contributed by atoms with E-state index in [4.69, 9.17) is 0 Å². The van der Waals surface area contributed by atoms with Crippen molar-refractivity contribution in [1.29, 1.82) is 0 Å². The summed E-state index contributed by atoms with van der Waals surface area (Å²) < 4.78 is 13.2. The van der Waals surface area contributed by atoms with E-state index in [-0.39, 0.29) is 11.9 Å². The number of nitrogens with one attached hydrogen (secondary N) is 1. The van der Waals surface area contributed by atoms with Crippen molar-refractivity contribution >= 4 is 0 Å². The molecule has 1 aromatic rings. The van der Waals surface area contributed by atoms with Gasteiger partial charge in [-0.15, -0.1) is 0 Å². The number of rotatable bonds is 4. The molecule has 0 aliphatic heterocycles. The highest BCUT2D eigenvalue weighted by atomic mass is 19.1. The van der Waals surface area contributed by atoms with Gasteiger partial charge in [-0.3, -0.25) is 4.98 Å². The fourth-order valence-electron chi connectivity index (χ4n) is 1.17. The van der Waals surface area contributed by atoms with E-state index in [0.717, 1.165) is 13.0 Å². The van der Waals surface area contributed by atoms with Gasteiger partial charge in [-0.05, 0) is 32.0 Å². The van der Waals surface area contributed by atoms with E-state index in [1.165, 1.54) is 6.07 Å². The standard InChI is InChI=1S/C10H15FN2/c1-3-6-12-8(2)10-9(11)5-4-7-13-10/h4-5,7-8,12H,3,6H2,1-2H3. The number of pyridine rings is 1. The van der Waals surface area contributed by atoms with Gasteiger partial charge in [0.1, 0.15) is 5.82 Å². The molecular weight excluding hydrogens is 167 g/mol. The molecule has 0 aromatic carbocycles. The molecule has 1 atom stereocenters. The maximum Gasteiger partial charge on any atom is 0.146 e. The van der Waals surface area contributed by atoms with Crippen LogP contribution in [0.2, 0.25) is 0 Å². The largest absolute Gasteiger partial charge is 0.309 e. The third kappa shape index (κ3) is 2.77. The molecule has 1 heterocycles. The van der Waals surface area contributed by atoms with Gasteiger partial charge in [-0.1, -0.05) is 6.92 Å². The zero-order chi connectivity index (χ0) is 9.68. The molecule has 0 amide bonds. The molecule has 0 saturated carbocycles. The maximum atomic E-state index is 13.2. The number of nitrogens with zero attached hydrogens (tertiary/aromatic N) is 1. The van der Waals surface area contributed by atoms with Crippen molar-refractivity contribution in [1.82, 2.24) is 10.3 Å². The summed E-state index contributed by atoms with van der Waals surface area (Å²) in [6.07, 6.45) is 2.65. The second-order valence-corrected chi connectivity index (χ2v) is 3.05. The molecule has 0 saturated heterocycles. The predicted molar refractivity (Wildman–Crippen MR) is 50.9 cm³/mol. The summed E-state index contributed by atoms with van der Waals surface area (Å²) in [5, 5.41) is 3.19. The van der Waals surface area contributed by atoms with Crippen molar-refractivity contribution in [2.75, 3.05) is 6.54 Å². The molecule has 1 N–H and O–H groups in total. The lowest BCUT2D eigenvalue weighted by molar-refractivity contribution is 0.512. The third-order valence-electron chi connectivity index (χ3n) is 1.90. The van der Waals surface area contributed by atoms with E-state index in [1.54, 1.807) is 12.3 Å². The van der Waals surface area contributed by atoms with E-state index in [1.807, 2.05) is 6.92 Å². The molecule has 0 aliphatic rings. The van der Waals surface area contributed by atoms with Crippen LogP contribution in [0.4, 0.5) is 4.39 Å². The Morgan fingerprint density at radius 1 is 1.62 bits per heavy atom. The van der Waals surface area contributed by atoms with Crippen molar-refractivity contribution < 1.29 is 4.39 Å². The first-order valence-electron chi connectivity index (χ1n) is 4.59. The van der Waals surface area contributed by atoms with Gasteiger partial charge in [0.25, 0.3) is 0 Å². The summed E-state index contributed by atoms with van der Waals surface area (Å²) >= 11 is 0. The van der Waals surface area contributed by atoms with E-state index in [9.17, 15) is 4.39 Å². The highest BCUT2D eigenvalue weighted by molar-refractivity contribution is 5.10. The normalized spacial score (nSPS) is 12.8. The van der Waals surface area contributed by atoms with Gasteiger partial charge < -0.3 is 5.32 Å². The fraction of sp³-hybridized carbons (Fsp3) is 0.500. The van der Waals surface area contributed by atoms with Crippen LogP contribution < -0.4 is 5.32 Å². The molecule has 0 aliphatic carbocycles. The summed E-state index contributed by atoms with van der Waals surface area (Å²) in [4.78, 5) is 3.99. The van der Waals surface area contributed by atoms with Crippen molar-refractivity contribution in [3.63, 3.8) is 0 Å². The molecule has 1 rings (SSSR count). The van der Waals surface area contributed by atoms with E-state index < -0.39 is 0 Å². The zero-order valence-electron chi connectivity index (χ0n) is 8.05. The molecule has 2 nitrogen and oxygen atoms in total. The van der Waals surface area contributed by atoms with E-state index in [0.29, 0.717) is 5.69 Å². The zero-order valence-corrected chi connectivity index (χ0v) is 8.05. The van der Waals surface area contributed by atoms with Crippen LogP contribution in [0.25, 0.3) is 0 Å². The predicted octanol–water partition coefficient (Wildman–Crippen LogP) is 2.28. The maximum absolute atomic E-state index is 13.2. The molecule has 0 bridgehead atoms. The Hall–Kier alpha value is -0.960. The smallest absolute Gasteiger partial charge is 0.146 e. The van der Waals surface area contributed by atoms with Crippen LogP contribution >= 0.6 is 0 Å². The van der Waals surface area contributed by atoms with Gasteiger partial charge in [-0.25, -0.2) is 4.39 Å². The summed E-state index contributed by atoms with van der Waals surface area (Å²) in [7, 11) is 0. The molecule has 0 fully saturated rings. The first-order chi connectivity index (χ1) is 6.25. The third-order valence-corrected chi connectivity index (χ3v) is 1.90. The van der Waals surface area contributed by atoms with Crippen LogP contribution in [0.5, 0.6) is 0 Å². The first-order valence-corrected chi connectivity index (χ1v) is 4.59. The van der Waals surface area contributed by atoms with Gasteiger partial charge in [0.15, 0.2) is 0 Å². The van der Waals surface area contributed by atoms with Crippen LogP contribution in [-0.2, 0) is 0 Å². The molecule has 3 heteroatoms. The van der Waals surface area contributed by atoms with Gasteiger partial charge in [0.05, 0.1) is 5.69 Å². The Kier molecular flexibility index (Phi) is 3.83. The number of aromatic nitrogens is 1.